The maximum atomic E-state index is 6.82. The van der Waals surface area contributed by atoms with Crippen molar-refractivity contribution in [3.05, 3.63) is 28.5 Å². The van der Waals surface area contributed by atoms with Crippen LogP contribution in [0, 0.1) is 0 Å². The van der Waals surface area contributed by atoms with Crippen LogP contribution in [0.15, 0.2) is 22.7 Å². The number of aromatic nitrogens is 2. The molecular formula is C17H24BrN3. The fourth-order valence-electron chi connectivity index (χ4n) is 3.52. The fraction of sp³-hybridized carbons (Fsp3) is 0.588. The molecule has 0 saturated heterocycles. The normalized spacial score (nSPS) is 18.8. The maximum absolute atomic E-state index is 6.82. The molecule has 2 aromatic rings. The molecule has 114 valence electrons. The van der Waals surface area contributed by atoms with E-state index in [1.807, 2.05) is 0 Å². The van der Waals surface area contributed by atoms with Gasteiger partial charge in [0.15, 0.2) is 0 Å². The highest BCUT2D eigenvalue weighted by molar-refractivity contribution is 9.10. The monoisotopic (exact) mass is 349 g/mol. The van der Waals surface area contributed by atoms with Crippen LogP contribution < -0.4 is 5.73 Å². The van der Waals surface area contributed by atoms with Gasteiger partial charge in [0.1, 0.15) is 5.82 Å². The van der Waals surface area contributed by atoms with E-state index in [0.717, 1.165) is 41.6 Å². The molecule has 0 radical (unpaired) electrons. The molecule has 3 rings (SSSR count). The van der Waals surface area contributed by atoms with Crippen LogP contribution in [-0.2, 0) is 12.1 Å². The first kappa shape index (κ1) is 15.0. The van der Waals surface area contributed by atoms with E-state index in [2.05, 4.69) is 45.6 Å². The third-order valence-corrected chi connectivity index (χ3v) is 5.09. The number of nitrogens with two attached hydrogens (primary N) is 1. The Kier molecular flexibility index (Phi) is 4.36. The van der Waals surface area contributed by atoms with E-state index in [0.29, 0.717) is 0 Å². The van der Waals surface area contributed by atoms with E-state index in [1.54, 1.807) is 0 Å². The first-order valence-electron chi connectivity index (χ1n) is 8.09. The highest BCUT2D eigenvalue weighted by atomic mass is 79.9. The van der Waals surface area contributed by atoms with Crippen molar-refractivity contribution in [2.24, 2.45) is 5.73 Å². The molecule has 2 N–H and O–H groups in total. The predicted octanol–water partition coefficient (Wildman–Crippen LogP) is 4.72. The summed E-state index contributed by atoms with van der Waals surface area (Å²) >= 11 is 3.55. The van der Waals surface area contributed by atoms with Crippen LogP contribution in [0.25, 0.3) is 11.0 Å². The van der Waals surface area contributed by atoms with Gasteiger partial charge in [-0.15, -0.1) is 0 Å². The average molecular weight is 350 g/mol. The molecule has 0 aliphatic heterocycles. The molecule has 0 amide bonds. The second kappa shape index (κ2) is 6.09. The molecule has 1 aliphatic rings. The minimum atomic E-state index is -0.253. The van der Waals surface area contributed by atoms with E-state index in [-0.39, 0.29) is 5.54 Å². The summed E-state index contributed by atoms with van der Waals surface area (Å²) in [5.74, 6) is 1.10. The lowest BCUT2D eigenvalue weighted by Gasteiger charge is -2.28. The standard InChI is InChI=1S/C17H24BrN3/c1-2-11-21-15-8-7-13(18)12-14(15)20-16(21)17(19)9-5-3-4-6-10-17/h7-8,12H,2-6,9-11,19H2,1H3. The molecule has 0 atom stereocenters. The number of nitrogens with zero attached hydrogens (tertiary/aromatic N) is 2. The van der Waals surface area contributed by atoms with Gasteiger partial charge < -0.3 is 10.3 Å². The number of hydrogen-bond acceptors (Lipinski definition) is 2. The Bertz CT molecular complexity index is 624. The smallest absolute Gasteiger partial charge is 0.130 e. The molecule has 0 unspecified atom stereocenters. The predicted molar refractivity (Wildman–Crippen MR) is 91.3 cm³/mol. The number of fused-ring (bicyclic) bond motifs is 1. The van der Waals surface area contributed by atoms with Crippen LogP contribution in [0.2, 0.25) is 0 Å². The Morgan fingerprint density at radius 2 is 1.95 bits per heavy atom. The zero-order valence-electron chi connectivity index (χ0n) is 12.7. The van der Waals surface area contributed by atoms with E-state index in [4.69, 9.17) is 10.7 Å². The second-order valence-corrected chi connectivity index (χ2v) is 7.21. The Morgan fingerprint density at radius 1 is 1.24 bits per heavy atom. The average Bonchev–Trinajstić information content (AvgIpc) is 2.66. The van der Waals surface area contributed by atoms with Gasteiger partial charge in [-0.1, -0.05) is 48.5 Å². The van der Waals surface area contributed by atoms with E-state index in [1.165, 1.54) is 31.2 Å². The number of halogens is 1. The molecule has 3 nitrogen and oxygen atoms in total. The highest BCUT2D eigenvalue weighted by Crippen LogP contribution is 2.35. The zero-order chi connectivity index (χ0) is 14.9. The molecule has 4 heteroatoms. The Morgan fingerprint density at radius 3 is 2.62 bits per heavy atom. The quantitative estimate of drug-likeness (QED) is 0.814. The molecule has 1 heterocycles. The van der Waals surface area contributed by atoms with Gasteiger partial charge in [0.2, 0.25) is 0 Å². The lowest BCUT2D eigenvalue weighted by Crippen LogP contribution is -2.39. The first-order valence-corrected chi connectivity index (χ1v) is 8.88. The lowest BCUT2D eigenvalue weighted by atomic mass is 9.90. The summed E-state index contributed by atoms with van der Waals surface area (Å²) in [4.78, 5) is 4.94. The number of aryl methyl sites for hydroxylation is 1. The first-order chi connectivity index (χ1) is 10.1. The largest absolute Gasteiger partial charge is 0.326 e. The van der Waals surface area contributed by atoms with Crippen LogP contribution in [0.1, 0.15) is 57.7 Å². The van der Waals surface area contributed by atoms with Crippen molar-refractivity contribution in [2.75, 3.05) is 0 Å². The van der Waals surface area contributed by atoms with Crippen LogP contribution in [-0.4, -0.2) is 9.55 Å². The van der Waals surface area contributed by atoms with Crippen molar-refractivity contribution in [1.29, 1.82) is 0 Å². The van der Waals surface area contributed by atoms with Gasteiger partial charge in [-0.2, -0.15) is 0 Å². The number of hydrogen-bond donors (Lipinski definition) is 1. The summed E-state index contributed by atoms with van der Waals surface area (Å²) < 4.78 is 3.43. The number of benzene rings is 1. The van der Waals surface area contributed by atoms with Gasteiger partial charge in [-0.25, -0.2) is 4.98 Å². The summed E-state index contributed by atoms with van der Waals surface area (Å²) in [5, 5.41) is 0. The molecular weight excluding hydrogens is 326 g/mol. The van der Waals surface area contributed by atoms with E-state index in [9.17, 15) is 0 Å². The SMILES string of the molecule is CCCn1c(C2(N)CCCCCC2)nc2cc(Br)ccc21. The van der Waals surface area contributed by atoms with Crippen LogP contribution in [0.5, 0.6) is 0 Å². The van der Waals surface area contributed by atoms with Gasteiger partial charge in [0, 0.05) is 11.0 Å². The van der Waals surface area contributed by atoms with Gasteiger partial charge in [-0.3, -0.25) is 0 Å². The molecule has 1 aliphatic carbocycles. The maximum Gasteiger partial charge on any atom is 0.130 e. The third kappa shape index (κ3) is 2.88. The molecule has 0 bridgehead atoms. The van der Waals surface area contributed by atoms with Crippen molar-refractivity contribution in [2.45, 2.75) is 64.0 Å². The van der Waals surface area contributed by atoms with Crippen LogP contribution in [0.3, 0.4) is 0 Å². The number of rotatable bonds is 3. The molecule has 1 fully saturated rings. The molecule has 21 heavy (non-hydrogen) atoms. The van der Waals surface area contributed by atoms with E-state index >= 15 is 0 Å². The minimum absolute atomic E-state index is 0.253. The Balaban J connectivity index is 2.13. The van der Waals surface area contributed by atoms with E-state index < -0.39 is 0 Å². The van der Waals surface area contributed by atoms with Crippen LogP contribution >= 0.6 is 15.9 Å². The molecule has 0 spiro atoms. The van der Waals surface area contributed by atoms with Crippen molar-refractivity contribution < 1.29 is 0 Å². The highest BCUT2D eigenvalue weighted by Gasteiger charge is 2.33. The third-order valence-electron chi connectivity index (χ3n) is 4.60. The Hall–Kier alpha value is -0.870. The van der Waals surface area contributed by atoms with Crippen molar-refractivity contribution in [1.82, 2.24) is 9.55 Å². The molecule has 1 saturated carbocycles. The summed E-state index contributed by atoms with van der Waals surface area (Å²) in [5.41, 5.74) is 8.83. The molecule has 1 aromatic carbocycles. The van der Waals surface area contributed by atoms with Gasteiger partial charge in [-0.05, 0) is 37.5 Å². The lowest BCUT2D eigenvalue weighted by molar-refractivity contribution is 0.348. The summed E-state index contributed by atoms with van der Waals surface area (Å²) in [6.07, 6.45) is 8.26. The fourth-order valence-corrected chi connectivity index (χ4v) is 3.87. The topological polar surface area (TPSA) is 43.8 Å². The second-order valence-electron chi connectivity index (χ2n) is 6.29. The van der Waals surface area contributed by atoms with Gasteiger partial charge >= 0.3 is 0 Å². The number of imidazole rings is 1. The van der Waals surface area contributed by atoms with Gasteiger partial charge in [0.05, 0.1) is 16.6 Å². The van der Waals surface area contributed by atoms with Crippen molar-refractivity contribution >= 4 is 27.0 Å². The summed E-state index contributed by atoms with van der Waals surface area (Å²) in [7, 11) is 0. The Labute approximate surface area is 135 Å². The summed E-state index contributed by atoms with van der Waals surface area (Å²) in [6.45, 7) is 3.21. The molecule has 1 aromatic heterocycles. The minimum Gasteiger partial charge on any atom is -0.326 e. The van der Waals surface area contributed by atoms with Gasteiger partial charge in [0.25, 0.3) is 0 Å². The van der Waals surface area contributed by atoms with Crippen molar-refractivity contribution in [3.63, 3.8) is 0 Å². The van der Waals surface area contributed by atoms with Crippen molar-refractivity contribution in [3.8, 4) is 0 Å². The zero-order valence-corrected chi connectivity index (χ0v) is 14.3. The van der Waals surface area contributed by atoms with Crippen LogP contribution in [0.4, 0.5) is 0 Å². The summed E-state index contributed by atoms with van der Waals surface area (Å²) in [6, 6.07) is 6.35.